The summed E-state index contributed by atoms with van der Waals surface area (Å²) in [7, 11) is 0. The molecule has 1 aromatic heterocycles. The second-order valence-electron chi connectivity index (χ2n) is 4.79. The van der Waals surface area contributed by atoms with E-state index in [0.717, 1.165) is 18.9 Å². The Labute approximate surface area is 108 Å². The van der Waals surface area contributed by atoms with Crippen molar-refractivity contribution in [3.05, 3.63) is 29.3 Å². The SMILES string of the molecule is CC1CCC(c2nc3cc(C(=O)O)c(F)cc3[nH]2)O1. The van der Waals surface area contributed by atoms with Crippen LogP contribution in [0.15, 0.2) is 12.1 Å². The second kappa shape index (κ2) is 4.31. The summed E-state index contributed by atoms with van der Waals surface area (Å²) in [6, 6.07) is 2.40. The Morgan fingerprint density at radius 1 is 1.53 bits per heavy atom. The van der Waals surface area contributed by atoms with E-state index >= 15 is 0 Å². The minimum atomic E-state index is -1.30. The minimum Gasteiger partial charge on any atom is -0.478 e. The fraction of sp³-hybridized carbons (Fsp3) is 0.385. The summed E-state index contributed by atoms with van der Waals surface area (Å²) in [5.41, 5.74) is 0.559. The Kier molecular flexibility index (Phi) is 2.74. The van der Waals surface area contributed by atoms with E-state index in [1.54, 1.807) is 0 Å². The molecule has 2 atom stereocenters. The lowest BCUT2D eigenvalue weighted by molar-refractivity contribution is 0.0510. The van der Waals surface area contributed by atoms with Crippen LogP contribution in [0.5, 0.6) is 0 Å². The van der Waals surface area contributed by atoms with Crippen LogP contribution in [-0.2, 0) is 4.74 Å². The normalized spacial score (nSPS) is 23.1. The maximum absolute atomic E-state index is 13.6. The first-order chi connectivity index (χ1) is 9.04. The van der Waals surface area contributed by atoms with Crippen LogP contribution >= 0.6 is 0 Å². The highest BCUT2D eigenvalue weighted by molar-refractivity contribution is 5.92. The van der Waals surface area contributed by atoms with Crippen molar-refractivity contribution in [1.29, 1.82) is 0 Å². The van der Waals surface area contributed by atoms with Gasteiger partial charge < -0.3 is 14.8 Å². The van der Waals surface area contributed by atoms with Crippen LogP contribution < -0.4 is 0 Å². The molecule has 0 spiro atoms. The molecule has 1 aliphatic rings. The zero-order chi connectivity index (χ0) is 13.6. The number of aromatic amines is 1. The van der Waals surface area contributed by atoms with Crippen molar-refractivity contribution < 1.29 is 19.0 Å². The molecule has 0 aliphatic carbocycles. The fourth-order valence-corrected chi connectivity index (χ4v) is 2.37. The van der Waals surface area contributed by atoms with Crippen molar-refractivity contribution >= 4 is 17.0 Å². The van der Waals surface area contributed by atoms with Crippen LogP contribution in [0.25, 0.3) is 11.0 Å². The molecular weight excluding hydrogens is 251 g/mol. The Morgan fingerprint density at radius 3 is 2.95 bits per heavy atom. The largest absolute Gasteiger partial charge is 0.478 e. The van der Waals surface area contributed by atoms with Crippen molar-refractivity contribution in [1.82, 2.24) is 9.97 Å². The number of fused-ring (bicyclic) bond motifs is 1. The van der Waals surface area contributed by atoms with Crippen LogP contribution in [0.3, 0.4) is 0 Å². The molecule has 1 aromatic carbocycles. The van der Waals surface area contributed by atoms with E-state index in [0.29, 0.717) is 16.9 Å². The third-order valence-corrected chi connectivity index (χ3v) is 3.36. The topological polar surface area (TPSA) is 75.2 Å². The molecule has 2 N–H and O–H groups in total. The van der Waals surface area contributed by atoms with Crippen molar-refractivity contribution in [2.24, 2.45) is 0 Å². The van der Waals surface area contributed by atoms with Gasteiger partial charge in [-0.25, -0.2) is 14.2 Å². The van der Waals surface area contributed by atoms with E-state index < -0.39 is 11.8 Å². The molecule has 3 rings (SSSR count). The number of aromatic carboxylic acids is 1. The van der Waals surface area contributed by atoms with Crippen molar-refractivity contribution in [2.45, 2.75) is 32.0 Å². The highest BCUT2D eigenvalue weighted by atomic mass is 19.1. The number of ether oxygens (including phenoxy) is 1. The lowest BCUT2D eigenvalue weighted by atomic mass is 10.2. The lowest BCUT2D eigenvalue weighted by Gasteiger charge is -2.06. The summed E-state index contributed by atoms with van der Waals surface area (Å²) in [4.78, 5) is 18.2. The molecule has 1 aliphatic heterocycles. The number of aromatic nitrogens is 2. The van der Waals surface area contributed by atoms with E-state index in [1.807, 2.05) is 6.92 Å². The standard InChI is InChI=1S/C13H13FN2O3/c1-6-2-3-11(19-6)12-15-9-4-7(13(17)18)8(14)5-10(9)16-12/h4-6,11H,2-3H2,1H3,(H,15,16)(H,17,18). The summed E-state index contributed by atoms with van der Waals surface area (Å²) < 4.78 is 19.2. The molecule has 2 unspecified atom stereocenters. The molecule has 1 saturated heterocycles. The van der Waals surface area contributed by atoms with Crippen molar-refractivity contribution in [3.63, 3.8) is 0 Å². The highest BCUT2D eigenvalue weighted by Crippen LogP contribution is 2.32. The van der Waals surface area contributed by atoms with E-state index in [1.165, 1.54) is 6.07 Å². The van der Waals surface area contributed by atoms with Gasteiger partial charge >= 0.3 is 5.97 Å². The number of hydrogen-bond acceptors (Lipinski definition) is 3. The van der Waals surface area contributed by atoms with Gasteiger partial charge in [0, 0.05) is 6.07 Å². The van der Waals surface area contributed by atoms with Crippen LogP contribution in [-0.4, -0.2) is 27.1 Å². The van der Waals surface area contributed by atoms with Gasteiger partial charge in [-0.2, -0.15) is 0 Å². The average Bonchev–Trinajstić information content (AvgIpc) is 2.93. The number of carboxylic acid groups (broad SMARTS) is 1. The first kappa shape index (κ1) is 12.1. The predicted octanol–water partition coefficient (Wildman–Crippen LogP) is 2.64. The molecule has 6 heteroatoms. The molecule has 1 fully saturated rings. The fourth-order valence-electron chi connectivity index (χ4n) is 2.37. The third-order valence-electron chi connectivity index (χ3n) is 3.36. The maximum atomic E-state index is 13.6. The number of imidazole rings is 1. The van der Waals surface area contributed by atoms with Gasteiger partial charge in [0.15, 0.2) is 0 Å². The smallest absolute Gasteiger partial charge is 0.338 e. The molecule has 0 bridgehead atoms. The second-order valence-corrected chi connectivity index (χ2v) is 4.79. The summed E-state index contributed by atoms with van der Waals surface area (Å²) in [5, 5.41) is 8.88. The minimum absolute atomic E-state index is 0.126. The highest BCUT2D eigenvalue weighted by Gasteiger charge is 2.26. The Hall–Kier alpha value is -1.95. The summed E-state index contributed by atoms with van der Waals surface area (Å²) in [5.74, 6) is -1.44. The van der Waals surface area contributed by atoms with E-state index in [2.05, 4.69) is 9.97 Å². The van der Waals surface area contributed by atoms with Crippen LogP contribution in [0, 0.1) is 5.82 Å². The number of carboxylic acids is 1. The van der Waals surface area contributed by atoms with Crippen molar-refractivity contribution in [2.75, 3.05) is 0 Å². The van der Waals surface area contributed by atoms with Gasteiger partial charge in [0.25, 0.3) is 0 Å². The number of benzene rings is 1. The van der Waals surface area contributed by atoms with Gasteiger partial charge in [0.05, 0.1) is 22.7 Å². The molecule has 100 valence electrons. The average molecular weight is 264 g/mol. The Bertz CT molecular complexity index is 653. The Morgan fingerprint density at radius 2 is 2.32 bits per heavy atom. The number of hydrogen-bond donors (Lipinski definition) is 2. The number of rotatable bonds is 2. The van der Waals surface area contributed by atoms with Gasteiger partial charge in [-0.3, -0.25) is 0 Å². The zero-order valence-electron chi connectivity index (χ0n) is 10.3. The van der Waals surface area contributed by atoms with Gasteiger partial charge in [0.2, 0.25) is 0 Å². The van der Waals surface area contributed by atoms with Crippen molar-refractivity contribution in [3.8, 4) is 0 Å². The zero-order valence-corrected chi connectivity index (χ0v) is 10.3. The first-order valence-corrected chi connectivity index (χ1v) is 6.12. The summed E-state index contributed by atoms with van der Waals surface area (Å²) >= 11 is 0. The van der Waals surface area contributed by atoms with Gasteiger partial charge in [0.1, 0.15) is 17.7 Å². The van der Waals surface area contributed by atoms with Gasteiger partial charge in [-0.15, -0.1) is 0 Å². The Balaban J connectivity index is 2.03. The molecule has 2 aromatic rings. The molecule has 0 saturated carbocycles. The first-order valence-electron chi connectivity index (χ1n) is 6.12. The number of carbonyl (C=O) groups is 1. The molecule has 19 heavy (non-hydrogen) atoms. The summed E-state index contributed by atoms with van der Waals surface area (Å²) in [6.07, 6.45) is 1.87. The molecule has 0 radical (unpaired) electrons. The monoisotopic (exact) mass is 264 g/mol. The van der Waals surface area contributed by atoms with Crippen LogP contribution in [0.2, 0.25) is 0 Å². The number of H-pyrrole nitrogens is 1. The van der Waals surface area contributed by atoms with Crippen LogP contribution in [0.1, 0.15) is 42.1 Å². The van der Waals surface area contributed by atoms with Gasteiger partial charge in [-0.1, -0.05) is 0 Å². The molecule has 0 amide bonds. The van der Waals surface area contributed by atoms with Gasteiger partial charge in [-0.05, 0) is 25.8 Å². The summed E-state index contributed by atoms with van der Waals surface area (Å²) in [6.45, 7) is 1.99. The number of halogens is 1. The van der Waals surface area contributed by atoms with Crippen LogP contribution in [0.4, 0.5) is 4.39 Å². The molecule has 5 nitrogen and oxygen atoms in total. The quantitative estimate of drug-likeness (QED) is 0.874. The van der Waals surface area contributed by atoms with E-state index in [4.69, 9.17) is 9.84 Å². The third kappa shape index (κ3) is 2.08. The molecule has 2 heterocycles. The predicted molar refractivity (Wildman–Crippen MR) is 65.5 cm³/mol. The van der Waals surface area contributed by atoms with E-state index in [-0.39, 0.29) is 17.8 Å². The molecular formula is C13H13FN2O3. The van der Waals surface area contributed by atoms with E-state index in [9.17, 15) is 9.18 Å². The lowest BCUT2D eigenvalue weighted by Crippen LogP contribution is -2.02. The number of nitrogens with zero attached hydrogens (tertiary/aromatic N) is 1. The number of nitrogens with one attached hydrogen (secondary N) is 1. The maximum Gasteiger partial charge on any atom is 0.338 e.